The fraction of sp³-hybridized carbons (Fsp3) is 0.211. The van der Waals surface area contributed by atoms with Crippen LogP contribution < -0.4 is 10.1 Å². The Bertz CT molecular complexity index is 800. The molecule has 25 heavy (non-hydrogen) atoms. The SMILES string of the molecule is COc1ccccc1C(=O)O[C@H](C)C(=O)Nc1cccc(C(C)=O)c1. The number of benzene rings is 2. The summed E-state index contributed by atoms with van der Waals surface area (Å²) in [6, 6.07) is 13.1. The van der Waals surface area contributed by atoms with Crippen LogP contribution in [0.2, 0.25) is 0 Å². The van der Waals surface area contributed by atoms with E-state index in [1.165, 1.54) is 21.0 Å². The van der Waals surface area contributed by atoms with Gasteiger partial charge in [-0.3, -0.25) is 9.59 Å². The first kappa shape index (κ1) is 18.2. The second-order valence-electron chi connectivity index (χ2n) is 5.37. The summed E-state index contributed by atoms with van der Waals surface area (Å²) in [5.74, 6) is -0.887. The van der Waals surface area contributed by atoms with Crippen LogP contribution in [0, 0.1) is 0 Å². The molecule has 0 aliphatic carbocycles. The molecule has 2 rings (SSSR count). The van der Waals surface area contributed by atoms with Gasteiger partial charge in [-0.15, -0.1) is 0 Å². The lowest BCUT2D eigenvalue weighted by Crippen LogP contribution is -2.30. The minimum atomic E-state index is -1.02. The van der Waals surface area contributed by atoms with Crippen LogP contribution in [-0.4, -0.2) is 30.9 Å². The first-order valence-electron chi connectivity index (χ1n) is 7.68. The third kappa shape index (κ3) is 4.67. The molecule has 0 saturated carbocycles. The van der Waals surface area contributed by atoms with Gasteiger partial charge in [0, 0.05) is 11.3 Å². The van der Waals surface area contributed by atoms with Crippen molar-refractivity contribution in [2.24, 2.45) is 0 Å². The lowest BCUT2D eigenvalue weighted by molar-refractivity contribution is -0.123. The van der Waals surface area contributed by atoms with Gasteiger partial charge in [0.1, 0.15) is 11.3 Å². The first-order valence-corrected chi connectivity index (χ1v) is 7.68. The standard InChI is InChI=1S/C19H19NO5/c1-12(21)14-7-6-8-15(11-14)20-18(22)13(2)25-19(23)16-9-4-5-10-17(16)24-3/h4-11,13H,1-3H3,(H,20,22)/t13-/m1/s1. The summed E-state index contributed by atoms with van der Waals surface area (Å²) < 4.78 is 10.3. The fourth-order valence-corrected chi connectivity index (χ4v) is 2.15. The Hall–Kier alpha value is -3.15. The average Bonchev–Trinajstić information content (AvgIpc) is 2.61. The van der Waals surface area contributed by atoms with Gasteiger partial charge in [0.25, 0.3) is 5.91 Å². The molecule has 2 aromatic carbocycles. The predicted molar refractivity (Wildman–Crippen MR) is 92.9 cm³/mol. The maximum Gasteiger partial charge on any atom is 0.342 e. The van der Waals surface area contributed by atoms with E-state index in [4.69, 9.17) is 9.47 Å². The molecule has 0 spiro atoms. The van der Waals surface area contributed by atoms with Crippen LogP contribution in [0.15, 0.2) is 48.5 Å². The topological polar surface area (TPSA) is 81.7 Å². The van der Waals surface area contributed by atoms with Gasteiger partial charge >= 0.3 is 5.97 Å². The fourth-order valence-electron chi connectivity index (χ4n) is 2.15. The molecule has 0 aromatic heterocycles. The van der Waals surface area contributed by atoms with Crippen LogP contribution in [0.5, 0.6) is 5.75 Å². The van der Waals surface area contributed by atoms with Crippen LogP contribution >= 0.6 is 0 Å². The van der Waals surface area contributed by atoms with E-state index in [0.717, 1.165) is 0 Å². The summed E-state index contributed by atoms with van der Waals surface area (Å²) in [5, 5.41) is 2.62. The minimum Gasteiger partial charge on any atom is -0.496 e. The van der Waals surface area contributed by atoms with Crippen molar-refractivity contribution < 1.29 is 23.9 Å². The second kappa shape index (κ2) is 8.10. The molecular formula is C19H19NO5. The van der Waals surface area contributed by atoms with Crippen molar-refractivity contribution in [3.63, 3.8) is 0 Å². The largest absolute Gasteiger partial charge is 0.496 e. The van der Waals surface area contributed by atoms with Gasteiger partial charge in [-0.2, -0.15) is 0 Å². The number of methoxy groups -OCH3 is 1. The van der Waals surface area contributed by atoms with Crippen molar-refractivity contribution in [2.75, 3.05) is 12.4 Å². The van der Waals surface area contributed by atoms with E-state index in [2.05, 4.69) is 5.32 Å². The van der Waals surface area contributed by atoms with Crippen molar-refractivity contribution in [3.8, 4) is 5.75 Å². The molecule has 0 fully saturated rings. The quantitative estimate of drug-likeness (QED) is 0.645. The first-order chi connectivity index (χ1) is 11.9. The molecule has 0 bridgehead atoms. The van der Waals surface area contributed by atoms with Crippen LogP contribution in [0.3, 0.4) is 0 Å². The van der Waals surface area contributed by atoms with Gasteiger partial charge in [-0.1, -0.05) is 24.3 Å². The number of anilines is 1. The molecule has 2 aromatic rings. The summed E-state index contributed by atoms with van der Waals surface area (Å²) in [6.07, 6.45) is -1.02. The zero-order valence-electron chi connectivity index (χ0n) is 14.2. The van der Waals surface area contributed by atoms with Crippen LogP contribution in [0.1, 0.15) is 34.6 Å². The Morgan fingerprint density at radius 1 is 1.04 bits per heavy atom. The Morgan fingerprint density at radius 2 is 1.76 bits per heavy atom. The molecule has 6 heteroatoms. The molecule has 6 nitrogen and oxygen atoms in total. The predicted octanol–water partition coefficient (Wildman–Crippen LogP) is 3.08. The van der Waals surface area contributed by atoms with Gasteiger partial charge in [0.15, 0.2) is 11.9 Å². The smallest absolute Gasteiger partial charge is 0.342 e. The van der Waals surface area contributed by atoms with Crippen LogP contribution in [0.4, 0.5) is 5.69 Å². The van der Waals surface area contributed by atoms with Crippen molar-refractivity contribution in [1.29, 1.82) is 0 Å². The number of carbonyl (C=O) groups is 3. The Labute approximate surface area is 145 Å². The summed E-state index contributed by atoms with van der Waals surface area (Å²) in [7, 11) is 1.45. The number of nitrogens with one attached hydrogen (secondary N) is 1. The van der Waals surface area contributed by atoms with Crippen molar-refractivity contribution in [2.45, 2.75) is 20.0 Å². The van der Waals surface area contributed by atoms with Crippen LogP contribution in [-0.2, 0) is 9.53 Å². The number of ether oxygens (including phenoxy) is 2. The number of hydrogen-bond acceptors (Lipinski definition) is 5. The Morgan fingerprint density at radius 3 is 2.44 bits per heavy atom. The monoisotopic (exact) mass is 341 g/mol. The van der Waals surface area contributed by atoms with E-state index in [-0.39, 0.29) is 11.3 Å². The van der Waals surface area contributed by atoms with E-state index in [0.29, 0.717) is 17.0 Å². The summed E-state index contributed by atoms with van der Waals surface area (Å²) in [4.78, 5) is 35.8. The number of ketones is 1. The molecule has 1 N–H and O–H groups in total. The van der Waals surface area contributed by atoms with E-state index in [1.807, 2.05) is 0 Å². The van der Waals surface area contributed by atoms with Gasteiger partial charge in [0.2, 0.25) is 0 Å². The number of Topliss-reactive ketones (excluding diaryl/α,β-unsaturated/α-hetero) is 1. The second-order valence-corrected chi connectivity index (χ2v) is 5.37. The molecule has 0 heterocycles. The van der Waals surface area contributed by atoms with Gasteiger partial charge in [-0.05, 0) is 38.1 Å². The van der Waals surface area contributed by atoms with Crippen molar-refractivity contribution >= 4 is 23.3 Å². The lowest BCUT2D eigenvalue weighted by atomic mass is 10.1. The van der Waals surface area contributed by atoms with Gasteiger partial charge < -0.3 is 14.8 Å². The highest BCUT2D eigenvalue weighted by Gasteiger charge is 2.21. The number of esters is 1. The van der Waals surface area contributed by atoms with E-state index < -0.39 is 18.0 Å². The molecule has 1 atom stereocenters. The Balaban J connectivity index is 2.04. The van der Waals surface area contributed by atoms with Crippen molar-refractivity contribution in [3.05, 3.63) is 59.7 Å². The lowest BCUT2D eigenvalue weighted by Gasteiger charge is -2.15. The molecule has 130 valence electrons. The third-order valence-electron chi connectivity index (χ3n) is 3.52. The highest BCUT2D eigenvalue weighted by atomic mass is 16.5. The summed E-state index contributed by atoms with van der Waals surface area (Å²) in [5.41, 5.74) is 1.18. The van der Waals surface area contributed by atoms with E-state index in [9.17, 15) is 14.4 Å². The van der Waals surface area contributed by atoms with Gasteiger partial charge in [-0.25, -0.2) is 4.79 Å². The number of rotatable bonds is 6. The van der Waals surface area contributed by atoms with E-state index in [1.54, 1.807) is 48.5 Å². The zero-order valence-corrected chi connectivity index (χ0v) is 14.2. The minimum absolute atomic E-state index is 0.105. The molecule has 0 radical (unpaired) electrons. The average molecular weight is 341 g/mol. The highest BCUT2D eigenvalue weighted by Crippen LogP contribution is 2.19. The normalized spacial score (nSPS) is 11.3. The van der Waals surface area contributed by atoms with E-state index >= 15 is 0 Å². The molecular weight excluding hydrogens is 322 g/mol. The molecule has 0 unspecified atom stereocenters. The Kier molecular flexibility index (Phi) is 5.89. The maximum atomic E-state index is 12.2. The van der Waals surface area contributed by atoms with Gasteiger partial charge in [0.05, 0.1) is 7.11 Å². The number of carbonyl (C=O) groups excluding carboxylic acids is 3. The number of hydrogen-bond donors (Lipinski definition) is 1. The number of para-hydroxylation sites is 1. The summed E-state index contributed by atoms with van der Waals surface area (Å²) >= 11 is 0. The highest BCUT2D eigenvalue weighted by molar-refractivity contribution is 6.00. The van der Waals surface area contributed by atoms with Crippen LogP contribution in [0.25, 0.3) is 0 Å². The molecule has 0 aliphatic rings. The molecule has 0 aliphatic heterocycles. The molecule has 1 amide bonds. The number of amides is 1. The summed E-state index contributed by atoms with van der Waals surface area (Å²) in [6.45, 7) is 2.91. The molecule has 0 saturated heterocycles. The van der Waals surface area contributed by atoms with Crippen molar-refractivity contribution in [1.82, 2.24) is 0 Å². The maximum absolute atomic E-state index is 12.2. The zero-order chi connectivity index (χ0) is 18.4. The third-order valence-corrected chi connectivity index (χ3v) is 3.52.